The Balaban J connectivity index is 2.03. The summed E-state index contributed by atoms with van der Waals surface area (Å²) in [5, 5.41) is 14.3. The topological polar surface area (TPSA) is 56.7 Å². The molecular formula is C11H10N4OS. The normalized spacial score (nSPS) is 10.9. The Bertz CT molecular complexity index is 638. The van der Waals surface area contributed by atoms with Crippen molar-refractivity contribution in [3.63, 3.8) is 0 Å². The molecule has 3 aromatic heterocycles. The van der Waals surface area contributed by atoms with E-state index in [9.17, 15) is 0 Å². The monoisotopic (exact) mass is 246 g/mol. The first-order valence-electron chi connectivity index (χ1n) is 5.12. The molecule has 0 unspecified atom stereocenters. The number of aryl methyl sites for hydroxylation is 2. The third-order valence-corrected chi connectivity index (χ3v) is 3.26. The van der Waals surface area contributed by atoms with Crippen LogP contribution in [0, 0.1) is 6.92 Å². The summed E-state index contributed by atoms with van der Waals surface area (Å²) in [6, 6.07) is 3.91. The molecule has 0 atom stereocenters. The van der Waals surface area contributed by atoms with Gasteiger partial charge in [0.1, 0.15) is 0 Å². The first-order valence-corrected chi connectivity index (χ1v) is 6.00. The van der Waals surface area contributed by atoms with Crippen molar-refractivity contribution in [3.05, 3.63) is 29.4 Å². The van der Waals surface area contributed by atoms with Gasteiger partial charge in [-0.05, 0) is 18.4 Å². The van der Waals surface area contributed by atoms with Gasteiger partial charge >= 0.3 is 0 Å². The molecule has 17 heavy (non-hydrogen) atoms. The van der Waals surface area contributed by atoms with Crippen molar-refractivity contribution < 1.29 is 4.42 Å². The lowest BCUT2D eigenvalue weighted by Gasteiger charge is -1.88. The van der Waals surface area contributed by atoms with Crippen LogP contribution in [0.3, 0.4) is 0 Å². The maximum atomic E-state index is 5.64. The summed E-state index contributed by atoms with van der Waals surface area (Å²) in [5.74, 6) is 1.07. The molecule has 0 aliphatic rings. The van der Waals surface area contributed by atoms with Crippen LogP contribution in [0.15, 0.2) is 28.1 Å². The zero-order valence-electron chi connectivity index (χ0n) is 9.41. The molecule has 3 rings (SSSR count). The Morgan fingerprint density at radius 1 is 1.29 bits per heavy atom. The molecule has 0 aliphatic carbocycles. The Kier molecular flexibility index (Phi) is 2.29. The highest BCUT2D eigenvalue weighted by molar-refractivity contribution is 7.13. The van der Waals surface area contributed by atoms with Gasteiger partial charge in [-0.25, -0.2) is 0 Å². The Morgan fingerprint density at radius 3 is 2.76 bits per heavy atom. The van der Waals surface area contributed by atoms with E-state index in [-0.39, 0.29) is 0 Å². The molecule has 0 spiro atoms. The lowest BCUT2D eigenvalue weighted by molar-refractivity contribution is 0.585. The van der Waals surface area contributed by atoms with E-state index >= 15 is 0 Å². The molecule has 3 heterocycles. The van der Waals surface area contributed by atoms with Crippen LogP contribution in [0.4, 0.5) is 0 Å². The van der Waals surface area contributed by atoms with Gasteiger partial charge in [0, 0.05) is 13.2 Å². The Labute approximate surface area is 102 Å². The molecule has 0 radical (unpaired) electrons. The van der Waals surface area contributed by atoms with Crippen LogP contribution in [-0.2, 0) is 7.05 Å². The second kappa shape index (κ2) is 3.81. The highest BCUT2D eigenvalue weighted by atomic mass is 32.1. The summed E-state index contributed by atoms with van der Waals surface area (Å²) in [6.07, 6.45) is 1.88. The van der Waals surface area contributed by atoms with Gasteiger partial charge < -0.3 is 4.42 Å². The largest absolute Gasteiger partial charge is 0.415 e. The van der Waals surface area contributed by atoms with E-state index in [0.29, 0.717) is 11.8 Å². The second-order valence-electron chi connectivity index (χ2n) is 3.69. The smallest absolute Gasteiger partial charge is 0.258 e. The van der Waals surface area contributed by atoms with Gasteiger partial charge in [-0.1, -0.05) is 6.07 Å². The fourth-order valence-electron chi connectivity index (χ4n) is 1.64. The zero-order chi connectivity index (χ0) is 11.8. The van der Waals surface area contributed by atoms with Crippen LogP contribution in [-0.4, -0.2) is 20.0 Å². The lowest BCUT2D eigenvalue weighted by Crippen LogP contribution is -1.86. The van der Waals surface area contributed by atoms with Gasteiger partial charge in [-0.2, -0.15) is 5.10 Å². The molecule has 0 saturated heterocycles. The maximum absolute atomic E-state index is 5.64. The van der Waals surface area contributed by atoms with Gasteiger partial charge in [-0.3, -0.25) is 4.68 Å². The fraction of sp³-hybridized carbons (Fsp3) is 0.182. The van der Waals surface area contributed by atoms with E-state index < -0.39 is 0 Å². The molecule has 0 aromatic carbocycles. The number of hydrogen-bond acceptors (Lipinski definition) is 5. The van der Waals surface area contributed by atoms with Crippen molar-refractivity contribution in [1.82, 2.24) is 20.0 Å². The second-order valence-corrected chi connectivity index (χ2v) is 4.64. The van der Waals surface area contributed by atoms with Crippen molar-refractivity contribution >= 4 is 11.3 Å². The van der Waals surface area contributed by atoms with E-state index in [0.717, 1.165) is 16.1 Å². The summed E-state index contributed by atoms with van der Waals surface area (Å²) in [5.41, 5.74) is 1.76. The minimum absolute atomic E-state index is 0.513. The van der Waals surface area contributed by atoms with Crippen LogP contribution < -0.4 is 0 Å². The average molecular weight is 246 g/mol. The molecule has 86 valence electrons. The first-order chi connectivity index (χ1) is 8.24. The highest BCUT2D eigenvalue weighted by Crippen LogP contribution is 2.27. The number of thiophene rings is 1. The predicted octanol–water partition coefficient (Wildman–Crippen LogP) is 2.51. The van der Waals surface area contributed by atoms with E-state index in [1.807, 2.05) is 37.7 Å². The molecule has 6 heteroatoms. The fourth-order valence-corrected chi connectivity index (χ4v) is 2.29. The van der Waals surface area contributed by atoms with E-state index in [2.05, 4.69) is 15.3 Å². The summed E-state index contributed by atoms with van der Waals surface area (Å²) in [7, 11) is 1.87. The standard InChI is InChI=1S/C11H10N4OS/c1-7-8(6-15(2)14-7)10-12-13-11(16-10)9-4-3-5-17-9/h3-6H,1-2H3. The van der Waals surface area contributed by atoms with Gasteiger partial charge in [-0.15, -0.1) is 21.5 Å². The third kappa shape index (κ3) is 1.76. The highest BCUT2D eigenvalue weighted by Gasteiger charge is 2.14. The minimum atomic E-state index is 0.513. The van der Waals surface area contributed by atoms with Crippen LogP contribution in [0.5, 0.6) is 0 Å². The Hall–Kier alpha value is -1.95. The van der Waals surface area contributed by atoms with E-state index in [1.54, 1.807) is 16.0 Å². The summed E-state index contributed by atoms with van der Waals surface area (Å²) >= 11 is 1.58. The molecule has 0 amide bonds. The molecule has 0 N–H and O–H groups in total. The van der Waals surface area contributed by atoms with Gasteiger partial charge in [0.25, 0.3) is 11.8 Å². The van der Waals surface area contributed by atoms with Crippen molar-refractivity contribution in [2.75, 3.05) is 0 Å². The molecule has 0 aliphatic heterocycles. The summed E-state index contributed by atoms with van der Waals surface area (Å²) in [4.78, 5) is 0.977. The third-order valence-electron chi connectivity index (χ3n) is 2.40. The number of aromatic nitrogens is 4. The van der Waals surface area contributed by atoms with Crippen LogP contribution in [0.1, 0.15) is 5.69 Å². The van der Waals surface area contributed by atoms with E-state index in [4.69, 9.17) is 4.42 Å². The zero-order valence-corrected chi connectivity index (χ0v) is 10.2. The molecule has 0 saturated carbocycles. The molecular weight excluding hydrogens is 236 g/mol. The van der Waals surface area contributed by atoms with Crippen LogP contribution in [0.25, 0.3) is 22.2 Å². The van der Waals surface area contributed by atoms with Gasteiger partial charge in [0.15, 0.2) is 0 Å². The quantitative estimate of drug-likeness (QED) is 0.697. The SMILES string of the molecule is Cc1nn(C)cc1-c1nnc(-c2cccs2)o1. The molecule has 0 bridgehead atoms. The minimum Gasteiger partial charge on any atom is -0.415 e. The average Bonchev–Trinajstić information content (AvgIpc) is 2.97. The lowest BCUT2D eigenvalue weighted by atomic mass is 10.3. The number of rotatable bonds is 2. The van der Waals surface area contributed by atoms with Crippen LogP contribution in [0.2, 0.25) is 0 Å². The summed E-state index contributed by atoms with van der Waals surface area (Å²) in [6.45, 7) is 1.92. The number of hydrogen-bond donors (Lipinski definition) is 0. The first kappa shape index (κ1) is 10.2. The molecule has 3 aromatic rings. The number of nitrogens with zero attached hydrogens (tertiary/aromatic N) is 4. The van der Waals surface area contributed by atoms with Gasteiger partial charge in [0.2, 0.25) is 0 Å². The maximum Gasteiger partial charge on any atom is 0.258 e. The Morgan fingerprint density at radius 2 is 2.12 bits per heavy atom. The molecule has 0 fully saturated rings. The van der Waals surface area contributed by atoms with E-state index in [1.165, 1.54) is 0 Å². The van der Waals surface area contributed by atoms with Gasteiger partial charge in [0.05, 0.1) is 16.1 Å². The predicted molar refractivity (Wildman–Crippen MR) is 64.6 cm³/mol. The van der Waals surface area contributed by atoms with Crippen molar-refractivity contribution in [1.29, 1.82) is 0 Å². The van der Waals surface area contributed by atoms with Crippen molar-refractivity contribution in [2.24, 2.45) is 7.05 Å². The molecule has 5 nitrogen and oxygen atoms in total. The van der Waals surface area contributed by atoms with Crippen molar-refractivity contribution in [3.8, 4) is 22.2 Å². The van der Waals surface area contributed by atoms with Crippen molar-refractivity contribution in [2.45, 2.75) is 6.92 Å². The van der Waals surface area contributed by atoms with Crippen LogP contribution >= 0.6 is 11.3 Å². The summed E-state index contributed by atoms with van der Waals surface area (Å²) < 4.78 is 7.38.